The lowest BCUT2D eigenvalue weighted by molar-refractivity contribution is 0.153. The largest absolute Gasteiger partial charge is 0.314 e. The number of likely N-dealkylation sites (N-methyl/N-ethyl adjacent to an activating group) is 2. The zero-order chi connectivity index (χ0) is 13.0. The van der Waals surface area contributed by atoms with Crippen molar-refractivity contribution in [3.63, 3.8) is 0 Å². The fourth-order valence-electron chi connectivity index (χ4n) is 3.15. The van der Waals surface area contributed by atoms with Crippen LogP contribution in [0.1, 0.15) is 19.8 Å². The molecule has 4 heteroatoms. The summed E-state index contributed by atoms with van der Waals surface area (Å²) in [5, 5.41) is 3.43. The van der Waals surface area contributed by atoms with E-state index in [1.807, 2.05) is 0 Å². The zero-order valence-electron chi connectivity index (χ0n) is 12.4. The van der Waals surface area contributed by atoms with E-state index in [-0.39, 0.29) is 0 Å². The molecule has 2 aliphatic rings. The summed E-state index contributed by atoms with van der Waals surface area (Å²) in [4.78, 5) is 7.65. The van der Waals surface area contributed by atoms with Gasteiger partial charge in [-0.3, -0.25) is 4.90 Å². The Morgan fingerprint density at radius 1 is 1.28 bits per heavy atom. The smallest absolute Gasteiger partial charge is 0.0232 e. The molecule has 0 aromatic rings. The van der Waals surface area contributed by atoms with E-state index in [1.165, 1.54) is 45.6 Å². The molecule has 2 atom stereocenters. The summed E-state index contributed by atoms with van der Waals surface area (Å²) in [7, 11) is 4.53. The van der Waals surface area contributed by atoms with Gasteiger partial charge >= 0.3 is 0 Å². The zero-order valence-corrected chi connectivity index (χ0v) is 12.4. The van der Waals surface area contributed by atoms with Crippen molar-refractivity contribution in [2.45, 2.75) is 31.8 Å². The van der Waals surface area contributed by atoms with Gasteiger partial charge in [0.1, 0.15) is 0 Å². The van der Waals surface area contributed by atoms with E-state index in [4.69, 9.17) is 0 Å². The second-order valence-corrected chi connectivity index (χ2v) is 6.11. The molecule has 0 radical (unpaired) electrons. The molecule has 0 aromatic carbocycles. The molecule has 1 N–H and O–H groups in total. The lowest BCUT2D eigenvalue weighted by Gasteiger charge is -2.34. The Morgan fingerprint density at radius 3 is 2.61 bits per heavy atom. The molecule has 0 aromatic heterocycles. The molecule has 2 rings (SSSR count). The summed E-state index contributed by atoms with van der Waals surface area (Å²) in [6.45, 7) is 10.9. The number of rotatable bonds is 5. The van der Waals surface area contributed by atoms with Crippen molar-refractivity contribution in [2.24, 2.45) is 0 Å². The van der Waals surface area contributed by atoms with Gasteiger partial charge in [-0.05, 0) is 47.0 Å². The molecule has 0 aliphatic carbocycles. The predicted molar refractivity (Wildman–Crippen MR) is 77.1 cm³/mol. The van der Waals surface area contributed by atoms with E-state index in [0.717, 1.165) is 25.2 Å². The van der Waals surface area contributed by atoms with Gasteiger partial charge in [-0.15, -0.1) is 0 Å². The minimum atomic E-state index is 0.730. The maximum Gasteiger partial charge on any atom is 0.0232 e. The first kappa shape index (κ1) is 14.3. The van der Waals surface area contributed by atoms with Gasteiger partial charge in [0.25, 0.3) is 0 Å². The molecule has 0 bridgehead atoms. The highest BCUT2D eigenvalue weighted by atomic mass is 15.2. The fourth-order valence-corrected chi connectivity index (χ4v) is 3.15. The molecule has 0 amide bonds. The molecule has 2 unspecified atom stereocenters. The van der Waals surface area contributed by atoms with Gasteiger partial charge < -0.3 is 15.1 Å². The Hall–Kier alpha value is -0.160. The minimum absolute atomic E-state index is 0.730. The van der Waals surface area contributed by atoms with Crippen LogP contribution in [0.15, 0.2) is 0 Å². The van der Waals surface area contributed by atoms with Crippen molar-refractivity contribution in [1.82, 2.24) is 20.0 Å². The molecule has 0 spiro atoms. The van der Waals surface area contributed by atoms with Crippen molar-refractivity contribution in [3.05, 3.63) is 0 Å². The topological polar surface area (TPSA) is 21.8 Å². The standard InChI is InChI=1S/C14H30N4/c1-13(18-10-6-15-7-11-18)4-9-17(3)14-5-8-16(2)12-14/h13-15H,4-12H2,1-3H3. The number of hydrogen-bond acceptors (Lipinski definition) is 4. The van der Waals surface area contributed by atoms with Gasteiger partial charge in [0, 0.05) is 44.8 Å². The maximum atomic E-state index is 3.43. The monoisotopic (exact) mass is 254 g/mol. The van der Waals surface area contributed by atoms with Crippen LogP contribution in [0.25, 0.3) is 0 Å². The predicted octanol–water partition coefficient (Wildman–Crippen LogP) is 0.306. The van der Waals surface area contributed by atoms with E-state index in [2.05, 4.69) is 41.0 Å². The lowest BCUT2D eigenvalue weighted by atomic mass is 10.1. The number of hydrogen-bond donors (Lipinski definition) is 1. The third kappa shape index (κ3) is 3.92. The fraction of sp³-hybridized carbons (Fsp3) is 1.00. The molecule has 4 nitrogen and oxygen atoms in total. The second-order valence-electron chi connectivity index (χ2n) is 6.11. The Kier molecular flexibility index (Phi) is 5.42. The van der Waals surface area contributed by atoms with Gasteiger partial charge in [-0.1, -0.05) is 0 Å². The van der Waals surface area contributed by atoms with Gasteiger partial charge in [-0.25, -0.2) is 0 Å². The van der Waals surface area contributed by atoms with Crippen molar-refractivity contribution in [2.75, 3.05) is 59.9 Å². The van der Waals surface area contributed by atoms with Gasteiger partial charge in [-0.2, -0.15) is 0 Å². The van der Waals surface area contributed by atoms with Gasteiger partial charge in [0.15, 0.2) is 0 Å². The summed E-state index contributed by atoms with van der Waals surface area (Å²) >= 11 is 0. The summed E-state index contributed by atoms with van der Waals surface area (Å²) < 4.78 is 0. The van der Waals surface area contributed by atoms with E-state index in [1.54, 1.807) is 0 Å². The summed E-state index contributed by atoms with van der Waals surface area (Å²) in [6.07, 6.45) is 2.64. The van der Waals surface area contributed by atoms with Crippen LogP contribution < -0.4 is 5.32 Å². The molecule has 0 saturated carbocycles. The molecule has 106 valence electrons. The third-order valence-electron chi connectivity index (χ3n) is 4.66. The first-order valence-corrected chi connectivity index (χ1v) is 7.50. The molecular formula is C14H30N4. The van der Waals surface area contributed by atoms with Gasteiger partial charge in [0.05, 0.1) is 0 Å². The van der Waals surface area contributed by atoms with Crippen LogP contribution >= 0.6 is 0 Å². The molecule has 2 aliphatic heterocycles. The van der Waals surface area contributed by atoms with Crippen molar-refractivity contribution in [3.8, 4) is 0 Å². The molecular weight excluding hydrogens is 224 g/mol. The number of piperazine rings is 1. The van der Waals surface area contributed by atoms with E-state index < -0.39 is 0 Å². The quantitative estimate of drug-likeness (QED) is 0.762. The minimum Gasteiger partial charge on any atom is -0.314 e. The summed E-state index contributed by atoms with van der Waals surface area (Å²) in [6, 6.07) is 1.51. The average Bonchev–Trinajstić information content (AvgIpc) is 2.83. The maximum absolute atomic E-state index is 3.43. The van der Waals surface area contributed by atoms with Crippen molar-refractivity contribution < 1.29 is 0 Å². The van der Waals surface area contributed by atoms with Crippen molar-refractivity contribution >= 4 is 0 Å². The van der Waals surface area contributed by atoms with Crippen LogP contribution in [0.5, 0.6) is 0 Å². The number of nitrogens with one attached hydrogen (secondary N) is 1. The Labute approximate surface area is 112 Å². The Balaban J connectivity index is 1.66. The highest BCUT2D eigenvalue weighted by Gasteiger charge is 2.24. The summed E-state index contributed by atoms with van der Waals surface area (Å²) in [5.74, 6) is 0. The van der Waals surface area contributed by atoms with Gasteiger partial charge in [0.2, 0.25) is 0 Å². The number of likely N-dealkylation sites (tertiary alicyclic amines) is 1. The Morgan fingerprint density at radius 2 is 2.00 bits per heavy atom. The van der Waals surface area contributed by atoms with E-state index >= 15 is 0 Å². The lowest BCUT2D eigenvalue weighted by Crippen LogP contribution is -2.48. The van der Waals surface area contributed by atoms with Crippen LogP contribution in [-0.4, -0.2) is 86.7 Å². The Bertz CT molecular complexity index is 229. The first-order valence-electron chi connectivity index (χ1n) is 7.50. The third-order valence-corrected chi connectivity index (χ3v) is 4.66. The first-order chi connectivity index (χ1) is 8.66. The highest BCUT2D eigenvalue weighted by Crippen LogP contribution is 2.14. The molecule has 2 saturated heterocycles. The SMILES string of the molecule is CC(CCN(C)C1CCN(C)C1)N1CCNCC1. The second kappa shape index (κ2) is 6.85. The highest BCUT2D eigenvalue weighted by molar-refractivity contribution is 4.81. The van der Waals surface area contributed by atoms with Crippen LogP contribution in [0.3, 0.4) is 0 Å². The average molecular weight is 254 g/mol. The van der Waals surface area contributed by atoms with E-state index in [9.17, 15) is 0 Å². The number of nitrogens with zero attached hydrogens (tertiary/aromatic N) is 3. The molecule has 18 heavy (non-hydrogen) atoms. The summed E-state index contributed by atoms with van der Waals surface area (Å²) in [5.41, 5.74) is 0. The molecule has 2 heterocycles. The van der Waals surface area contributed by atoms with E-state index in [0.29, 0.717) is 0 Å². The molecule has 2 fully saturated rings. The van der Waals surface area contributed by atoms with Crippen molar-refractivity contribution in [1.29, 1.82) is 0 Å². The van der Waals surface area contributed by atoms with Crippen LogP contribution in [0, 0.1) is 0 Å². The van der Waals surface area contributed by atoms with Crippen LogP contribution in [0.4, 0.5) is 0 Å². The normalized spacial score (nSPS) is 29.0. The van der Waals surface area contributed by atoms with Crippen LogP contribution in [-0.2, 0) is 0 Å². The van der Waals surface area contributed by atoms with Crippen LogP contribution in [0.2, 0.25) is 0 Å².